The standard InChI is InChI=1S/C14H21NOS/c1-10-4-5-11(2)14(12(10)3)16-8-13-9-17-7-6-15-13/h4-5,13,15H,6-9H2,1-3H3. The third-order valence-electron chi connectivity index (χ3n) is 3.30. The van der Waals surface area contributed by atoms with Gasteiger partial charge in [0.25, 0.3) is 0 Å². The van der Waals surface area contributed by atoms with E-state index in [9.17, 15) is 0 Å². The summed E-state index contributed by atoms with van der Waals surface area (Å²) in [5, 5.41) is 3.50. The first-order chi connectivity index (χ1) is 8.18. The summed E-state index contributed by atoms with van der Waals surface area (Å²) in [6.45, 7) is 8.27. The van der Waals surface area contributed by atoms with Crippen LogP contribution in [-0.4, -0.2) is 30.7 Å². The number of thioether (sulfide) groups is 1. The van der Waals surface area contributed by atoms with Crippen molar-refractivity contribution in [3.05, 3.63) is 28.8 Å². The molecule has 1 saturated heterocycles. The van der Waals surface area contributed by atoms with E-state index in [0.29, 0.717) is 6.04 Å². The molecule has 1 fully saturated rings. The zero-order valence-electron chi connectivity index (χ0n) is 10.9. The molecule has 2 nitrogen and oxygen atoms in total. The monoisotopic (exact) mass is 251 g/mol. The van der Waals surface area contributed by atoms with Gasteiger partial charge in [-0.15, -0.1) is 0 Å². The predicted octanol–water partition coefficient (Wildman–Crippen LogP) is 2.70. The molecule has 1 aliphatic rings. The smallest absolute Gasteiger partial charge is 0.125 e. The van der Waals surface area contributed by atoms with Gasteiger partial charge < -0.3 is 10.1 Å². The van der Waals surface area contributed by atoms with Crippen molar-refractivity contribution in [1.29, 1.82) is 0 Å². The molecule has 17 heavy (non-hydrogen) atoms. The quantitative estimate of drug-likeness (QED) is 0.892. The Balaban J connectivity index is 2.00. The second kappa shape index (κ2) is 5.78. The minimum Gasteiger partial charge on any atom is -0.491 e. The number of hydrogen-bond acceptors (Lipinski definition) is 3. The molecule has 0 amide bonds. The van der Waals surface area contributed by atoms with Crippen molar-refractivity contribution >= 4 is 11.8 Å². The molecule has 0 bridgehead atoms. The highest BCUT2D eigenvalue weighted by atomic mass is 32.2. The van der Waals surface area contributed by atoms with Crippen LogP contribution in [0, 0.1) is 20.8 Å². The highest BCUT2D eigenvalue weighted by Gasteiger charge is 2.14. The van der Waals surface area contributed by atoms with Crippen LogP contribution in [0.1, 0.15) is 16.7 Å². The zero-order chi connectivity index (χ0) is 12.3. The molecule has 1 aromatic rings. The van der Waals surface area contributed by atoms with Crippen LogP contribution in [0.2, 0.25) is 0 Å². The van der Waals surface area contributed by atoms with Gasteiger partial charge >= 0.3 is 0 Å². The Labute approximate surface area is 108 Å². The lowest BCUT2D eigenvalue weighted by atomic mass is 10.1. The fourth-order valence-electron chi connectivity index (χ4n) is 2.06. The van der Waals surface area contributed by atoms with Crippen LogP contribution < -0.4 is 10.1 Å². The Morgan fingerprint density at radius 2 is 2.06 bits per heavy atom. The van der Waals surface area contributed by atoms with E-state index in [-0.39, 0.29) is 0 Å². The Kier molecular flexibility index (Phi) is 4.35. The summed E-state index contributed by atoms with van der Waals surface area (Å²) in [4.78, 5) is 0. The summed E-state index contributed by atoms with van der Waals surface area (Å²) in [6, 6.07) is 4.79. The molecular formula is C14H21NOS. The molecule has 3 heteroatoms. The Morgan fingerprint density at radius 3 is 2.76 bits per heavy atom. The van der Waals surface area contributed by atoms with Crippen LogP contribution in [0.5, 0.6) is 5.75 Å². The maximum atomic E-state index is 6.01. The van der Waals surface area contributed by atoms with Gasteiger partial charge in [0.2, 0.25) is 0 Å². The Hall–Kier alpha value is -0.670. The molecule has 0 aromatic heterocycles. The van der Waals surface area contributed by atoms with Crippen molar-refractivity contribution in [1.82, 2.24) is 5.32 Å². The highest BCUT2D eigenvalue weighted by Crippen LogP contribution is 2.26. The van der Waals surface area contributed by atoms with Gasteiger partial charge in [-0.3, -0.25) is 0 Å². The normalized spacial score (nSPS) is 20.3. The topological polar surface area (TPSA) is 21.3 Å². The Bertz CT molecular complexity index is 386. The summed E-state index contributed by atoms with van der Waals surface area (Å²) in [6.07, 6.45) is 0. The van der Waals surface area contributed by atoms with Crippen LogP contribution in [-0.2, 0) is 0 Å². The average molecular weight is 251 g/mol. The third kappa shape index (κ3) is 3.17. The lowest BCUT2D eigenvalue weighted by Crippen LogP contribution is -2.41. The van der Waals surface area contributed by atoms with E-state index in [1.807, 2.05) is 11.8 Å². The van der Waals surface area contributed by atoms with Gasteiger partial charge in [0, 0.05) is 18.1 Å². The minimum absolute atomic E-state index is 0.494. The van der Waals surface area contributed by atoms with E-state index in [0.717, 1.165) is 24.7 Å². The zero-order valence-corrected chi connectivity index (χ0v) is 11.7. The number of ether oxygens (including phenoxy) is 1. The van der Waals surface area contributed by atoms with Crippen molar-refractivity contribution in [2.45, 2.75) is 26.8 Å². The van der Waals surface area contributed by atoms with Crippen LogP contribution >= 0.6 is 11.8 Å². The second-order valence-corrected chi connectivity index (χ2v) is 5.84. The van der Waals surface area contributed by atoms with Gasteiger partial charge in [0.15, 0.2) is 0 Å². The van der Waals surface area contributed by atoms with Crippen molar-refractivity contribution in [3.63, 3.8) is 0 Å². The molecule has 1 unspecified atom stereocenters. The number of rotatable bonds is 3. The van der Waals surface area contributed by atoms with Crippen molar-refractivity contribution < 1.29 is 4.74 Å². The van der Waals surface area contributed by atoms with Crippen LogP contribution in [0.4, 0.5) is 0 Å². The average Bonchev–Trinajstić information content (AvgIpc) is 2.35. The maximum absolute atomic E-state index is 6.01. The molecule has 1 aromatic carbocycles. The van der Waals surface area contributed by atoms with E-state index >= 15 is 0 Å². The van der Waals surface area contributed by atoms with Gasteiger partial charge in [0.05, 0.1) is 6.04 Å². The summed E-state index contributed by atoms with van der Waals surface area (Å²) in [5.74, 6) is 3.45. The molecule has 0 radical (unpaired) electrons. The molecule has 0 saturated carbocycles. The first kappa shape index (κ1) is 12.8. The SMILES string of the molecule is Cc1ccc(C)c(OCC2CSCCN2)c1C. The fraction of sp³-hybridized carbons (Fsp3) is 0.571. The summed E-state index contributed by atoms with van der Waals surface area (Å²) >= 11 is 2.01. The van der Waals surface area contributed by atoms with Gasteiger partial charge in [-0.05, 0) is 37.5 Å². The van der Waals surface area contributed by atoms with E-state index in [4.69, 9.17) is 4.74 Å². The van der Waals surface area contributed by atoms with Crippen molar-refractivity contribution in [2.75, 3.05) is 24.7 Å². The largest absolute Gasteiger partial charge is 0.491 e. The third-order valence-corrected chi connectivity index (χ3v) is 4.43. The maximum Gasteiger partial charge on any atom is 0.125 e. The van der Waals surface area contributed by atoms with Crippen molar-refractivity contribution in [3.8, 4) is 5.75 Å². The van der Waals surface area contributed by atoms with Crippen molar-refractivity contribution in [2.24, 2.45) is 0 Å². The molecule has 94 valence electrons. The molecule has 1 aliphatic heterocycles. The summed E-state index contributed by atoms with van der Waals surface area (Å²) in [7, 11) is 0. The summed E-state index contributed by atoms with van der Waals surface area (Å²) in [5.41, 5.74) is 3.81. The van der Waals surface area contributed by atoms with Gasteiger partial charge in [-0.2, -0.15) is 11.8 Å². The van der Waals surface area contributed by atoms with Crippen LogP contribution in [0.25, 0.3) is 0 Å². The first-order valence-corrected chi connectivity index (χ1v) is 7.34. The predicted molar refractivity (Wildman–Crippen MR) is 75.3 cm³/mol. The van der Waals surface area contributed by atoms with Gasteiger partial charge in [0.1, 0.15) is 12.4 Å². The van der Waals surface area contributed by atoms with Crippen LogP contribution in [0.15, 0.2) is 12.1 Å². The van der Waals surface area contributed by atoms with E-state index in [1.54, 1.807) is 0 Å². The number of hydrogen-bond donors (Lipinski definition) is 1. The molecule has 0 aliphatic carbocycles. The highest BCUT2D eigenvalue weighted by molar-refractivity contribution is 7.99. The number of nitrogens with one attached hydrogen (secondary N) is 1. The molecule has 0 spiro atoms. The van der Waals surface area contributed by atoms with E-state index in [2.05, 4.69) is 38.2 Å². The first-order valence-electron chi connectivity index (χ1n) is 6.19. The Morgan fingerprint density at radius 1 is 1.29 bits per heavy atom. The fourth-order valence-corrected chi connectivity index (χ4v) is 2.99. The molecular weight excluding hydrogens is 230 g/mol. The second-order valence-electron chi connectivity index (χ2n) is 4.69. The van der Waals surface area contributed by atoms with Gasteiger partial charge in [-0.1, -0.05) is 12.1 Å². The molecule has 1 heterocycles. The summed E-state index contributed by atoms with van der Waals surface area (Å²) < 4.78 is 6.01. The van der Waals surface area contributed by atoms with E-state index in [1.165, 1.54) is 22.4 Å². The van der Waals surface area contributed by atoms with Gasteiger partial charge in [-0.25, -0.2) is 0 Å². The minimum atomic E-state index is 0.494. The number of benzene rings is 1. The molecule has 1 N–H and O–H groups in total. The van der Waals surface area contributed by atoms with Crippen LogP contribution in [0.3, 0.4) is 0 Å². The lowest BCUT2D eigenvalue weighted by Gasteiger charge is -2.24. The molecule has 2 rings (SSSR count). The molecule has 1 atom stereocenters. The lowest BCUT2D eigenvalue weighted by molar-refractivity contribution is 0.272. The number of aryl methyl sites for hydroxylation is 2. The van der Waals surface area contributed by atoms with E-state index < -0.39 is 0 Å².